The van der Waals surface area contributed by atoms with Crippen molar-refractivity contribution in [2.24, 2.45) is 0 Å². The molecule has 4 heteroatoms. The molecule has 0 radical (unpaired) electrons. The number of hydrogen-bond donors (Lipinski definition) is 1. The Morgan fingerprint density at radius 2 is 1.69 bits per heavy atom. The normalized spacial score (nSPS) is 12.0. The summed E-state index contributed by atoms with van der Waals surface area (Å²) in [5.41, 5.74) is 5.91. The van der Waals surface area contributed by atoms with Gasteiger partial charge in [0.2, 0.25) is 0 Å². The zero-order valence-corrected chi connectivity index (χ0v) is 15.3. The topological polar surface area (TPSA) is 29.1 Å². The molecule has 0 aliphatic heterocycles. The first kappa shape index (κ1) is 15.6. The SMILES string of the molecule is O=C(Nc1ccc2c(c1)Cc1ccccc1-2)c1sc2ccccc2c1Cl. The van der Waals surface area contributed by atoms with E-state index >= 15 is 0 Å². The lowest BCUT2D eigenvalue weighted by molar-refractivity contribution is 0.103. The lowest BCUT2D eigenvalue weighted by Gasteiger charge is -2.07. The Hall–Kier alpha value is -2.62. The predicted molar refractivity (Wildman–Crippen MR) is 109 cm³/mol. The van der Waals surface area contributed by atoms with Gasteiger partial charge in [-0.1, -0.05) is 60.1 Å². The van der Waals surface area contributed by atoms with E-state index in [0.717, 1.165) is 22.2 Å². The maximum absolute atomic E-state index is 12.7. The van der Waals surface area contributed by atoms with Gasteiger partial charge in [-0.15, -0.1) is 11.3 Å². The van der Waals surface area contributed by atoms with Crippen molar-refractivity contribution in [3.8, 4) is 11.1 Å². The summed E-state index contributed by atoms with van der Waals surface area (Å²) in [7, 11) is 0. The van der Waals surface area contributed by atoms with Gasteiger partial charge in [-0.25, -0.2) is 0 Å². The van der Waals surface area contributed by atoms with Crippen molar-refractivity contribution in [1.29, 1.82) is 0 Å². The van der Waals surface area contributed by atoms with Crippen molar-refractivity contribution in [3.63, 3.8) is 0 Å². The second-order valence-corrected chi connectivity index (χ2v) is 7.83. The summed E-state index contributed by atoms with van der Waals surface area (Å²) in [5.74, 6) is -0.160. The number of hydrogen-bond acceptors (Lipinski definition) is 2. The number of thiophene rings is 1. The number of carbonyl (C=O) groups is 1. The fraction of sp³-hybridized carbons (Fsp3) is 0.0455. The van der Waals surface area contributed by atoms with Gasteiger partial charge in [0.05, 0.1) is 5.02 Å². The van der Waals surface area contributed by atoms with E-state index in [4.69, 9.17) is 11.6 Å². The van der Waals surface area contributed by atoms with E-state index in [-0.39, 0.29) is 5.91 Å². The monoisotopic (exact) mass is 375 g/mol. The largest absolute Gasteiger partial charge is 0.321 e. The van der Waals surface area contributed by atoms with Crippen LogP contribution in [0.2, 0.25) is 5.02 Å². The van der Waals surface area contributed by atoms with Crippen molar-refractivity contribution in [3.05, 3.63) is 87.8 Å². The van der Waals surface area contributed by atoms with Gasteiger partial charge in [0.15, 0.2) is 0 Å². The van der Waals surface area contributed by atoms with Crippen LogP contribution in [0.4, 0.5) is 5.69 Å². The summed E-state index contributed by atoms with van der Waals surface area (Å²) in [5, 5.41) is 4.45. The van der Waals surface area contributed by atoms with Gasteiger partial charge in [0, 0.05) is 15.8 Å². The quantitative estimate of drug-likeness (QED) is 0.381. The molecule has 5 rings (SSSR count). The molecular weight excluding hydrogens is 362 g/mol. The van der Waals surface area contributed by atoms with E-state index in [1.807, 2.05) is 30.3 Å². The molecule has 0 spiro atoms. The second kappa shape index (κ2) is 5.97. The third kappa shape index (κ3) is 2.44. The van der Waals surface area contributed by atoms with Gasteiger partial charge >= 0.3 is 0 Å². The molecule has 1 amide bonds. The van der Waals surface area contributed by atoms with Crippen molar-refractivity contribution in [2.75, 3.05) is 5.32 Å². The standard InChI is InChI=1S/C22H14ClNOS/c23-20-18-7-3-4-8-19(18)26-21(20)22(25)24-15-9-10-17-14(12-15)11-13-5-1-2-6-16(13)17/h1-10,12H,11H2,(H,24,25). The molecule has 0 atom stereocenters. The highest BCUT2D eigenvalue weighted by molar-refractivity contribution is 7.21. The zero-order chi connectivity index (χ0) is 17.7. The molecule has 2 nitrogen and oxygen atoms in total. The first-order valence-corrected chi connectivity index (χ1v) is 9.60. The van der Waals surface area contributed by atoms with Crippen LogP contribution in [0, 0.1) is 0 Å². The van der Waals surface area contributed by atoms with Gasteiger partial charge in [-0.2, -0.15) is 0 Å². The van der Waals surface area contributed by atoms with Crippen LogP contribution in [0.1, 0.15) is 20.8 Å². The maximum Gasteiger partial charge on any atom is 0.267 e. The minimum Gasteiger partial charge on any atom is -0.321 e. The molecule has 0 bridgehead atoms. The number of anilines is 1. The molecule has 4 aromatic rings. The Morgan fingerprint density at radius 1 is 0.923 bits per heavy atom. The molecule has 1 N–H and O–H groups in total. The van der Waals surface area contributed by atoms with Crippen LogP contribution in [-0.2, 0) is 6.42 Å². The molecule has 1 heterocycles. The summed E-state index contributed by atoms with van der Waals surface area (Å²) in [6, 6.07) is 22.4. The van der Waals surface area contributed by atoms with Crippen LogP contribution >= 0.6 is 22.9 Å². The predicted octanol–water partition coefficient (Wildman–Crippen LogP) is 6.38. The highest BCUT2D eigenvalue weighted by atomic mass is 35.5. The van der Waals surface area contributed by atoms with Crippen molar-refractivity contribution < 1.29 is 4.79 Å². The van der Waals surface area contributed by atoms with Crippen LogP contribution in [0.5, 0.6) is 0 Å². The third-order valence-electron chi connectivity index (χ3n) is 4.79. The Bertz CT molecular complexity index is 1180. The van der Waals surface area contributed by atoms with Gasteiger partial charge < -0.3 is 5.32 Å². The molecule has 3 aromatic carbocycles. The van der Waals surface area contributed by atoms with Crippen molar-refractivity contribution in [1.82, 2.24) is 0 Å². The third-order valence-corrected chi connectivity index (χ3v) is 6.47. The van der Waals surface area contributed by atoms with E-state index in [2.05, 4.69) is 41.7 Å². The van der Waals surface area contributed by atoms with E-state index < -0.39 is 0 Å². The summed E-state index contributed by atoms with van der Waals surface area (Å²) < 4.78 is 1.02. The van der Waals surface area contributed by atoms with E-state index in [1.54, 1.807) is 0 Å². The number of benzene rings is 3. The van der Waals surface area contributed by atoms with Gasteiger partial charge in [0.25, 0.3) is 5.91 Å². The minimum atomic E-state index is -0.160. The average Bonchev–Trinajstić information content (AvgIpc) is 3.19. The lowest BCUT2D eigenvalue weighted by atomic mass is 10.1. The fourth-order valence-electron chi connectivity index (χ4n) is 3.57. The second-order valence-electron chi connectivity index (χ2n) is 6.40. The Labute approximate surface area is 160 Å². The molecule has 1 aliphatic rings. The van der Waals surface area contributed by atoms with Crippen LogP contribution in [0.25, 0.3) is 21.2 Å². The minimum absolute atomic E-state index is 0.160. The smallest absolute Gasteiger partial charge is 0.267 e. The first-order valence-electron chi connectivity index (χ1n) is 8.40. The molecule has 0 fully saturated rings. The first-order chi connectivity index (χ1) is 12.7. The number of carbonyl (C=O) groups excluding carboxylic acids is 1. The molecule has 0 saturated carbocycles. The number of halogens is 1. The molecule has 0 unspecified atom stereocenters. The van der Waals surface area contributed by atoms with Gasteiger partial charge in [0.1, 0.15) is 4.88 Å². The van der Waals surface area contributed by atoms with Crippen LogP contribution in [-0.4, -0.2) is 5.91 Å². The number of rotatable bonds is 2. The Morgan fingerprint density at radius 3 is 2.58 bits per heavy atom. The summed E-state index contributed by atoms with van der Waals surface area (Å²) in [6.45, 7) is 0. The van der Waals surface area contributed by atoms with Crippen molar-refractivity contribution >= 4 is 44.6 Å². The molecule has 1 aromatic heterocycles. The van der Waals surface area contributed by atoms with E-state index in [9.17, 15) is 4.79 Å². The number of amides is 1. The van der Waals surface area contributed by atoms with Gasteiger partial charge in [-0.05, 0) is 46.9 Å². The highest BCUT2D eigenvalue weighted by Gasteiger charge is 2.20. The molecule has 0 saturated heterocycles. The maximum atomic E-state index is 12.7. The Balaban J connectivity index is 1.46. The van der Waals surface area contributed by atoms with Crippen LogP contribution < -0.4 is 5.32 Å². The molecular formula is C22H14ClNOS. The van der Waals surface area contributed by atoms with Crippen LogP contribution in [0.15, 0.2) is 66.7 Å². The van der Waals surface area contributed by atoms with Crippen molar-refractivity contribution in [2.45, 2.75) is 6.42 Å². The lowest BCUT2D eigenvalue weighted by Crippen LogP contribution is -2.10. The zero-order valence-electron chi connectivity index (χ0n) is 13.8. The molecule has 1 aliphatic carbocycles. The average molecular weight is 376 g/mol. The van der Waals surface area contributed by atoms with E-state index in [0.29, 0.717) is 9.90 Å². The Kier molecular flexibility index (Phi) is 3.59. The highest BCUT2D eigenvalue weighted by Crippen LogP contribution is 2.38. The fourth-order valence-corrected chi connectivity index (χ4v) is 4.98. The number of fused-ring (bicyclic) bond motifs is 4. The van der Waals surface area contributed by atoms with Gasteiger partial charge in [-0.3, -0.25) is 4.79 Å². The molecule has 126 valence electrons. The number of nitrogens with one attached hydrogen (secondary N) is 1. The van der Waals surface area contributed by atoms with E-state index in [1.165, 1.54) is 33.6 Å². The van der Waals surface area contributed by atoms with Crippen LogP contribution in [0.3, 0.4) is 0 Å². The summed E-state index contributed by atoms with van der Waals surface area (Å²) >= 11 is 7.84. The summed E-state index contributed by atoms with van der Waals surface area (Å²) in [6.07, 6.45) is 0.902. The molecule has 26 heavy (non-hydrogen) atoms. The summed E-state index contributed by atoms with van der Waals surface area (Å²) in [4.78, 5) is 13.3.